The van der Waals surface area contributed by atoms with E-state index in [1.165, 1.54) is 16.7 Å². The maximum Gasteiger partial charge on any atom is 0.265 e. The number of carbonyl (C=O) groups is 1. The number of amides is 1. The summed E-state index contributed by atoms with van der Waals surface area (Å²) in [7, 11) is 1.58. The Balaban J connectivity index is 2.01. The maximum absolute atomic E-state index is 14.1. The van der Waals surface area contributed by atoms with E-state index in [0.29, 0.717) is 36.2 Å². The molecule has 2 aromatic heterocycles. The van der Waals surface area contributed by atoms with Crippen LogP contribution in [0.2, 0.25) is 0 Å². The van der Waals surface area contributed by atoms with Crippen molar-refractivity contribution in [2.45, 2.75) is 13.0 Å². The van der Waals surface area contributed by atoms with Crippen molar-refractivity contribution in [3.8, 4) is 0 Å². The molecular formula is C20H20FN3O3. The minimum absolute atomic E-state index is 0.00394. The fourth-order valence-electron chi connectivity index (χ4n) is 2.83. The first-order valence-electron chi connectivity index (χ1n) is 8.61. The molecule has 2 heterocycles. The normalized spacial score (nSPS) is 10.9. The number of halogens is 1. The van der Waals surface area contributed by atoms with Gasteiger partial charge < -0.3 is 10.1 Å². The van der Waals surface area contributed by atoms with Gasteiger partial charge in [-0.3, -0.25) is 14.2 Å². The van der Waals surface area contributed by atoms with Crippen LogP contribution in [0.25, 0.3) is 11.0 Å². The van der Waals surface area contributed by atoms with Gasteiger partial charge in [0.05, 0.1) is 6.54 Å². The van der Waals surface area contributed by atoms with Crippen molar-refractivity contribution in [3.05, 3.63) is 76.0 Å². The second kappa shape index (κ2) is 8.55. The molecule has 0 atom stereocenters. The maximum atomic E-state index is 14.1. The van der Waals surface area contributed by atoms with E-state index in [4.69, 9.17) is 4.74 Å². The Hall–Kier alpha value is -3.06. The summed E-state index contributed by atoms with van der Waals surface area (Å²) in [6, 6.07) is 11.2. The minimum atomic E-state index is -0.506. The Kier molecular flexibility index (Phi) is 5.93. The molecule has 0 spiro atoms. The molecule has 140 valence electrons. The van der Waals surface area contributed by atoms with E-state index in [-0.39, 0.29) is 12.1 Å². The number of carbonyl (C=O) groups excluding carboxylic acids is 1. The molecule has 7 heteroatoms. The molecule has 0 aliphatic heterocycles. The van der Waals surface area contributed by atoms with E-state index in [1.54, 1.807) is 43.6 Å². The van der Waals surface area contributed by atoms with Gasteiger partial charge in [-0.25, -0.2) is 9.37 Å². The first-order valence-corrected chi connectivity index (χ1v) is 8.61. The highest BCUT2D eigenvalue weighted by atomic mass is 19.1. The number of nitrogens with zero attached hydrogens (tertiary/aromatic N) is 2. The zero-order valence-electron chi connectivity index (χ0n) is 14.9. The zero-order valence-corrected chi connectivity index (χ0v) is 14.9. The molecule has 0 saturated carbocycles. The molecule has 0 saturated heterocycles. The highest BCUT2D eigenvalue weighted by Gasteiger charge is 2.17. The van der Waals surface area contributed by atoms with Crippen LogP contribution in [0.3, 0.4) is 0 Å². The van der Waals surface area contributed by atoms with E-state index in [1.807, 2.05) is 0 Å². The van der Waals surface area contributed by atoms with Crippen molar-refractivity contribution < 1.29 is 13.9 Å². The van der Waals surface area contributed by atoms with Gasteiger partial charge in [-0.1, -0.05) is 18.2 Å². The van der Waals surface area contributed by atoms with Gasteiger partial charge in [-0.2, -0.15) is 0 Å². The summed E-state index contributed by atoms with van der Waals surface area (Å²) in [6.07, 6.45) is 2.20. The van der Waals surface area contributed by atoms with E-state index in [9.17, 15) is 14.0 Å². The second-order valence-corrected chi connectivity index (χ2v) is 6.06. The van der Waals surface area contributed by atoms with E-state index in [2.05, 4.69) is 10.3 Å². The summed E-state index contributed by atoms with van der Waals surface area (Å²) >= 11 is 0. The summed E-state index contributed by atoms with van der Waals surface area (Å²) in [5.74, 6) is -0.882. The predicted octanol–water partition coefficient (Wildman–Crippen LogP) is 2.35. The van der Waals surface area contributed by atoms with Gasteiger partial charge in [0.25, 0.3) is 11.5 Å². The average Bonchev–Trinajstić information content (AvgIpc) is 2.68. The third-order valence-electron chi connectivity index (χ3n) is 4.19. The molecule has 0 unspecified atom stereocenters. The number of hydrogen-bond acceptors (Lipinski definition) is 4. The lowest BCUT2D eigenvalue weighted by molar-refractivity contribution is 0.0946. The number of hydrogen-bond donors (Lipinski definition) is 1. The summed E-state index contributed by atoms with van der Waals surface area (Å²) < 4.78 is 20.4. The average molecular weight is 369 g/mol. The molecule has 1 aromatic carbocycles. The zero-order chi connectivity index (χ0) is 19.2. The molecule has 3 aromatic rings. The molecule has 27 heavy (non-hydrogen) atoms. The summed E-state index contributed by atoms with van der Waals surface area (Å²) in [4.78, 5) is 29.7. The lowest BCUT2D eigenvalue weighted by atomic mass is 10.1. The Morgan fingerprint density at radius 1 is 1.26 bits per heavy atom. The van der Waals surface area contributed by atoms with Gasteiger partial charge in [-0.15, -0.1) is 0 Å². The summed E-state index contributed by atoms with van der Waals surface area (Å²) in [6.45, 7) is 0.897. The summed E-state index contributed by atoms with van der Waals surface area (Å²) in [5.41, 5.74) is 0.254. The monoisotopic (exact) mass is 369 g/mol. The number of aromatic nitrogens is 2. The van der Waals surface area contributed by atoms with Crippen LogP contribution in [-0.2, 0) is 11.3 Å². The number of methoxy groups -OCH3 is 1. The predicted molar refractivity (Wildman–Crippen MR) is 100 cm³/mol. The molecule has 0 fully saturated rings. The Bertz CT molecular complexity index is 1020. The van der Waals surface area contributed by atoms with Crippen molar-refractivity contribution in [3.63, 3.8) is 0 Å². The van der Waals surface area contributed by atoms with Crippen LogP contribution < -0.4 is 10.9 Å². The van der Waals surface area contributed by atoms with Crippen molar-refractivity contribution in [2.24, 2.45) is 0 Å². The molecule has 0 aliphatic carbocycles. The Morgan fingerprint density at radius 3 is 2.85 bits per heavy atom. The Labute approximate surface area is 155 Å². The fraction of sp³-hybridized carbons (Fsp3) is 0.250. The van der Waals surface area contributed by atoms with Gasteiger partial charge in [0.2, 0.25) is 0 Å². The largest absolute Gasteiger partial charge is 0.385 e. The van der Waals surface area contributed by atoms with Crippen LogP contribution in [0.4, 0.5) is 4.39 Å². The van der Waals surface area contributed by atoms with E-state index >= 15 is 0 Å². The topological polar surface area (TPSA) is 73.2 Å². The van der Waals surface area contributed by atoms with Gasteiger partial charge in [0.15, 0.2) is 0 Å². The number of benzene rings is 1. The van der Waals surface area contributed by atoms with Crippen LogP contribution in [0, 0.1) is 5.82 Å². The van der Waals surface area contributed by atoms with Crippen LogP contribution in [0.15, 0.2) is 53.5 Å². The van der Waals surface area contributed by atoms with Crippen LogP contribution in [-0.4, -0.2) is 35.7 Å². The van der Waals surface area contributed by atoms with Gasteiger partial charge in [0.1, 0.15) is 17.0 Å². The standard InChI is InChI=1S/C20H20FN3O3/c1-27-11-5-10-23-19(25)16-12-14-7-4-9-22-18(14)24(20(16)26)13-15-6-2-3-8-17(15)21/h2-4,6-9,12H,5,10-11,13H2,1H3,(H,23,25). The van der Waals surface area contributed by atoms with Crippen molar-refractivity contribution in [2.75, 3.05) is 20.3 Å². The van der Waals surface area contributed by atoms with Gasteiger partial charge >= 0.3 is 0 Å². The highest BCUT2D eigenvalue weighted by Crippen LogP contribution is 2.14. The van der Waals surface area contributed by atoms with Crippen molar-refractivity contribution in [1.29, 1.82) is 0 Å². The lowest BCUT2D eigenvalue weighted by Crippen LogP contribution is -2.34. The smallest absolute Gasteiger partial charge is 0.265 e. The molecule has 3 rings (SSSR count). The van der Waals surface area contributed by atoms with Crippen LogP contribution in [0.5, 0.6) is 0 Å². The van der Waals surface area contributed by atoms with Gasteiger partial charge in [-0.05, 0) is 30.7 Å². The third kappa shape index (κ3) is 4.20. The molecule has 0 bridgehead atoms. The van der Waals surface area contributed by atoms with Crippen molar-refractivity contribution in [1.82, 2.24) is 14.9 Å². The van der Waals surface area contributed by atoms with E-state index in [0.717, 1.165) is 0 Å². The van der Waals surface area contributed by atoms with Crippen LogP contribution in [0.1, 0.15) is 22.3 Å². The SMILES string of the molecule is COCCCNC(=O)c1cc2cccnc2n(Cc2ccccc2F)c1=O. The van der Waals surface area contributed by atoms with Gasteiger partial charge in [0, 0.05) is 37.4 Å². The third-order valence-corrected chi connectivity index (χ3v) is 4.19. The lowest BCUT2D eigenvalue weighted by Gasteiger charge is -2.13. The molecule has 1 N–H and O–H groups in total. The first-order chi connectivity index (χ1) is 13.1. The van der Waals surface area contributed by atoms with Crippen molar-refractivity contribution >= 4 is 16.9 Å². The second-order valence-electron chi connectivity index (χ2n) is 6.06. The number of ether oxygens (including phenoxy) is 1. The number of rotatable bonds is 7. The molecular weight excluding hydrogens is 349 g/mol. The Morgan fingerprint density at radius 2 is 2.07 bits per heavy atom. The summed E-state index contributed by atoms with van der Waals surface area (Å²) in [5, 5.41) is 3.35. The number of nitrogens with one attached hydrogen (secondary N) is 1. The minimum Gasteiger partial charge on any atom is -0.385 e. The first kappa shape index (κ1) is 18.7. The quantitative estimate of drug-likeness (QED) is 0.649. The number of pyridine rings is 2. The van der Waals surface area contributed by atoms with E-state index < -0.39 is 17.3 Å². The fourth-order valence-corrected chi connectivity index (χ4v) is 2.83. The highest BCUT2D eigenvalue weighted by molar-refractivity contribution is 5.96. The molecule has 0 radical (unpaired) electrons. The molecule has 0 aliphatic rings. The van der Waals surface area contributed by atoms with Crippen LogP contribution >= 0.6 is 0 Å². The molecule has 1 amide bonds. The molecule has 6 nitrogen and oxygen atoms in total. The number of fused-ring (bicyclic) bond motifs is 1.